The van der Waals surface area contributed by atoms with Gasteiger partial charge in [0.25, 0.3) is 5.91 Å². The van der Waals surface area contributed by atoms with E-state index in [2.05, 4.69) is 20.2 Å². The summed E-state index contributed by atoms with van der Waals surface area (Å²) in [6.07, 6.45) is 4.52. The van der Waals surface area contributed by atoms with E-state index >= 15 is 0 Å². The van der Waals surface area contributed by atoms with Gasteiger partial charge in [0, 0.05) is 6.54 Å². The first-order valence-electron chi connectivity index (χ1n) is 9.30. The van der Waals surface area contributed by atoms with Crippen molar-refractivity contribution < 1.29 is 14.6 Å². The minimum atomic E-state index is -0.662. The highest BCUT2D eigenvalue weighted by atomic mass is 16.5. The lowest BCUT2D eigenvalue weighted by atomic mass is 10.0. The molecule has 0 bridgehead atoms. The quantitative estimate of drug-likeness (QED) is 0.522. The average molecular weight is 374 g/mol. The van der Waals surface area contributed by atoms with Gasteiger partial charge in [0.15, 0.2) is 0 Å². The number of aromatic nitrogens is 2. The summed E-state index contributed by atoms with van der Waals surface area (Å²) >= 11 is 0. The van der Waals surface area contributed by atoms with Crippen molar-refractivity contribution in [3.8, 4) is 5.75 Å². The summed E-state index contributed by atoms with van der Waals surface area (Å²) in [6, 6.07) is 7.56. The van der Waals surface area contributed by atoms with E-state index in [0.717, 1.165) is 24.3 Å². The van der Waals surface area contributed by atoms with E-state index in [0.29, 0.717) is 25.1 Å². The zero-order valence-electron chi connectivity index (χ0n) is 16.3. The van der Waals surface area contributed by atoms with Gasteiger partial charge < -0.3 is 25.0 Å². The van der Waals surface area contributed by atoms with Crippen LogP contribution in [0.15, 0.2) is 36.8 Å². The molecular formula is C20H30N4O3. The lowest BCUT2D eigenvalue weighted by Crippen LogP contribution is -2.42. The van der Waals surface area contributed by atoms with E-state index in [9.17, 15) is 9.90 Å². The SMILES string of the molecule is C[C@H](O)[C@@H](CCc1ccccc1OCCCN(C)C)NC(=O)c1cnc[nH]1. The zero-order chi connectivity index (χ0) is 19.6. The van der Waals surface area contributed by atoms with Crippen LogP contribution in [0.3, 0.4) is 0 Å². The number of aliphatic hydroxyl groups excluding tert-OH is 1. The third-order valence-corrected chi connectivity index (χ3v) is 4.35. The van der Waals surface area contributed by atoms with Gasteiger partial charge in [-0.2, -0.15) is 0 Å². The molecule has 148 valence electrons. The van der Waals surface area contributed by atoms with E-state index in [1.165, 1.54) is 12.5 Å². The number of carbonyl (C=O) groups excluding carboxylic acids is 1. The fraction of sp³-hybridized carbons (Fsp3) is 0.500. The largest absolute Gasteiger partial charge is 0.493 e. The zero-order valence-corrected chi connectivity index (χ0v) is 16.3. The Balaban J connectivity index is 1.91. The van der Waals surface area contributed by atoms with Crippen molar-refractivity contribution >= 4 is 5.91 Å². The number of aromatic amines is 1. The highest BCUT2D eigenvalue weighted by molar-refractivity contribution is 5.92. The van der Waals surface area contributed by atoms with Gasteiger partial charge in [-0.1, -0.05) is 18.2 Å². The number of aryl methyl sites for hydroxylation is 1. The van der Waals surface area contributed by atoms with Gasteiger partial charge in [0.2, 0.25) is 0 Å². The van der Waals surface area contributed by atoms with Crippen LogP contribution in [0, 0.1) is 0 Å². The molecular weight excluding hydrogens is 344 g/mol. The second kappa shape index (κ2) is 10.7. The van der Waals surface area contributed by atoms with Crippen LogP contribution < -0.4 is 10.1 Å². The van der Waals surface area contributed by atoms with Crippen LogP contribution in [0.4, 0.5) is 0 Å². The Labute approximate surface area is 160 Å². The molecule has 1 heterocycles. The highest BCUT2D eigenvalue weighted by Crippen LogP contribution is 2.21. The van der Waals surface area contributed by atoms with Gasteiger partial charge in [0.1, 0.15) is 11.4 Å². The van der Waals surface area contributed by atoms with Crippen molar-refractivity contribution in [2.24, 2.45) is 0 Å². The fourth-order valence-corrected chi connectivity index (χ4v) is 2.79. The van der Waals surface area contributed by atoms with Crippen molar-refractivity contribution in [2.45, 2.75) is 38.3 Å². The molecule has 2 aromatic rings. The second-order valence-corrected chi connectivity index (χ2v) is 6.94. The lowest BCUT2D eigenvalue weighted by molar-refractivity contribution is 0.0846. The summed E-state index contributed by atoms with van der Waals surface area (Å²) in [7, 11) is 4.09. The lowest BCUT2D eigenvalue weighted by Gasteiger charge is -2.22. The van der Waals surface area contributed by atoms with Gasteiger partial charge in [-0.25, -0.2) is 4.98 Å². The number of aliphatic hydroxyl groups is 1. The maximum absolute atomic E-state index is 12.2. The fourth-order valence-electron chi connectivity index (χ4n) is 2.79. The Hall–Kier alpha value is -2.38. The van der Waals surface area contributed by atoms with Crippen LogP contribution in [-0.2, 0) is 6.42 Å². The molecule has 0 aliphatic carbocycles. The summed E-state index contributed by atoms with van der Waals surface area (Å²) in [5.74, 6) is 0.590. The molecule has 0 spiro atoms. The molecule has 0 unspecified atom stereocenters. The van der Waals surface area contributed by atoms with E-state index < -0.39 is 6.10 Å². The molecule has 0 aliphatic heterocycles. The topological polar surface area (TPSA) is 90.5 Å². The van der Waals surface area contributed by atoms with E-state index in [1.807, 2.05) is 38.4 Å². The van der Waals surface area contributed by atoms with E-state index in [1.54, 1.807) is 6.92 Å². The number of hydrogen-bond donors (Lipinski definition) is 3. The number of nitrogens with one attached hydrogen (secondary N) is 2. The van der Waals surface area contributed by atoms with Crippen molar-refractivity contribution in [3.05, 3.63) is 48.0 Å². The number of ether oxygens (including phenoxy) is 1. The van der Waals surface area contributed by atoms with Crippen molar-refractivity contribution in [2.75, 3.05) is 27.2 Å². The van der Waals surface area contributed by atoms with Crippen molar-refractivity contribution in [1.29, 1.82) is 0 Å². The Morgan fingerprint density at radius 1 is 1.37 bits per heavy atom. The van der Waals surface area contributed by atoms with Crippen molar-refractivity contribution in [1.82, 2.24) is 20.2 Å². The Morgan fingerprint density at radius 2 is 2.15 bits per heavy atom. The van der Waals surface area contributed by atoms with Gasteiger partial charge in [-0.3, -0.25) is 4.79 Å². The molecule has 27 heavy (non-hydrogen) atoms. The summed E-state index contributed by atoms with van der Waals surface area (Å²) in [5, 5.41) is 12.9. The monoisotopic (exact) mass is 374 g/mol. The molecule has 0 saturated heterocycles. The number of hydrogen-bond acceptors (Lipinski definition) is 5. The first kappa shape index (κ1) is 20.9. The molecule has 0 saturated carbocycles. The molecule has 0 fully saturated rings. The van der Waals surface area contributed by atoms with Crippen LogP contribution in [0.5, 0.6) is 5.75 Å². The molecule has 2 atom stereocenters. The number of amides is 1. The second-order valence-electron chi connectivity index (χ2n) is 6.94. The molecule has 1 amide bonds. The Morgan fingerprint density at radius 3 is 2.81 bits per heavy atom. The molecule has 2 rings (SSSR count). The number of rotatable bonds is 11. The maximum Gasteiger partial charge on any atom is 0.269 e. The Kier molecular flexibility index (Phi) is 8.29. The predicted octanol–water partition coefficient (Wildman–Crippen LogP) is 1.85. The van der Waals surface area contributed by atoms with Crippen molar-refractivity contribution in [3.63, 3.8) is 0 Å². The van der Waals surface area contributed by atoms with E-state index in [4.69, 9.17) is 4.74 Å². The van der Waals surface area contributed by atoms with Gasteiger partial charge in [0.05, 0.1) is 31.3 Å². The maximum atomic E-state index is 12.2. The third kappa shape index (κ3) is 7.03. The normalized spacial score (nSPS) is 13.4. The Bertz CT molecular complexity index is 686. The smallest absolute Gasteiger partial charge is 0.269 e. The summed E-state index contributed by atoms with van der Waals surface area (Å²) in [4.78, 5) is 21.0. The van der Waals surface area contributed by atoms with Crippen LogP contribution in [0.1, 0.15) is 35.8 Å². The first-order valence-corrected chi connectivity index (χ1v) is 9.30. The summed E-state index contributed by atoms with van der Waals surface area (Å²) in [6.45, 7) is 3.32. The predicted molar refractivity (Wildman–Crippen MR) is 105 cm³/mol. The van der Waals surface area contributed by atoms with Crippen LogP contribution in [-0.4, -0.2) is 65.3 Å². The number of para-hydroxylation sites is 1. The number of H-pyrrole nitrogens is 1. The summed E-state index contributed by atoms with van der Waals surface area (Å²) < 4.78 is 5.93. The molecule has 0 radical (unpaired) electrons. The van der Waals surface area contributed by atoms with Crippen LogP contribution in [0.2, 0.25) is 0 Å². The first-order chi connectivity index (χ1) is 13.0. The highest BCUT2D eigenvalue weighted by Gasteiger charge is 2.19. The number of benzene rings is 1. The molecule has 7 nitrogen and oxygen atoms in total. The van der Waals surface area contributed by atoms with Gasteiger partial charge >= 0.3 is 0 Å². The summed E-state index contributed by atoms with van der Waals surface area (Å²) in [5.41, 5.74) is 1.45. The van der Waals surface area contributed by atoms with Crippen LogP contribution >= 0.6 is 0 Å². The molecule has 7 heteroatoms. The van der Waals surface area contributed by atoms with Gasteiger partial charge in [-0.15, -0.1) is 0 Å². The van der Waals surface area contributed by atoms with E-state index in [-0.39, 0.29) is 11.9 Å². The minimum absolute atomic E-state index is 0.272. The number of nitrogens with zero attached hydrogens (tertiary/aromatic N) is 2. The minimum Gasteiger partial charge on any atom is -0.493 e. The standard InChI is InChI=1S/C20H30N4O3/c1-15(25)17(23-20(26)18-13-21-14-22-18)10-9-16-7-4-5-8-19(16)27-12-6-11-24(2)3/h4-5,7-8,13-15,17,25H,6,9-12H2,1-3H3,(H,21,22)(H,23,26)/t15-,17+/m0/s1. The van der Waals surface area contributed by atoms with Crippen LogP contribution in [0.25, 0.3) is 0 Å². The molecule has 1 aromatic heterocycles. The number of imidazole rings is 1. The van der Waals surface area contributed by atoms with Gasteiger partial charge in [-0.05, 0) is 51.9 Å². The molecule has 0 aliphatic rings. The number of carbonyl (C=O) groups is 1. The molecule has 3 N–H and O–H groups in total. The average Bonchev–Trinajstić information content (AvgIpc) is 3.17. The third-order valence-electron chi connectivity index (χ3n) is 4.35. The molecule has 1 aromatic carbocycles.